The summed E-state index contributed by atoms with van der Waals surface area (Å²) >= 11 is 0. The van der Waals surface area contributed by atoms with Crippen LogP contribution in [-0.2, 0) is 17.7 Å². The third-order valence-electron chi connectivity index (χ3n) is 4.32. The Morgan fingerprint density at radius 1 is 1.38 bits per heavy atom. The normalized spacial score (nSPS) is 19.3. The van der Waals surface area contributed by atoms with Gasteiger partial charge in [-0.05, 0) is 38.3 Å². The lowest BCUT2D eigenvalue weighted by Gasteiger charge is -2.26. The van der Waals surface area contributed by atoms with Crippen molar-refractivity contribution < 1.29 is 4.74 Å². The second kappa shape index (κ2) is 5.62. The highest BCUT2D eigenvalue weighted by Gasteiger charge is 2.23. The Bertz CT molecular complexity index is 645. The van der Waals surface area contributed by atoms with Crippen LogP contribution in [0.25, 0.3) is 0 Å². The number of ether oxygens (including phenoxy) is 1. The van der Waals surface area contributed by atoms with E-state index < -0.39 is 0 Å². The Labute approximate surface area is 125 Å². The van der Waals surface area contributed by atoms with E-state index in [0.29, 0.717) is 0 Å². The molecule has 1 aliphatic heterocycles. The summed E-state index contributed by atoms with van der Waals surface area (Å²) < 4.78 is 8.02. The molecule has 3 rings (SSSR count). The molecule has 0 aliphatic carbocycles. The summed E-state index contributed by atoms with van der Waals surface area (Å²) in [6.07, 6.45) is 1.07. The first-order valence-corrected chi connectivity index (χ1v) is 7.57. The minimum Gasteiger partial charge on any atom is -0.371 e. The quantitative estimate of drug-likeness (QED) is 0.943. The second-order valence-electron chi connectivity index (χ2n) is 5.86. The maximum absolute atomic E-state index is 6.05. The van der Waals surface area contributed by atoms with Crippen molar-refractivity contribution in [1.29, 1.82) is 0 Å². The molecule has 21 heavy (non-hydrogen) atoms. The number of aromatic nitrogens is 2. The minimum absolute atomic E-state index is 0.0123. The number of rotatable bonds is 3. The van der Waals surface area contributed by atoms with Crippen LogP contribution in [0.1, 0.15) is 47.1 Å². The molecule has 0 spiro atoms. The molecule has 0 saturated carbocycles. The largest absolute Gasteiger partial charge is 0.371 e. The summed E-state index contributed by atoms with van der Waals surface area (Å²) in [6, 6.07) is 8.54. The van der Waals surface area contributed by atoms with E-state index in [2.05, 4.69) is 36.3 Å². The van der Waals surface area contributed by atoms with Gasteiger partial charge in [0.05, 0.1) is 18.8 Å². The Morgan fingerprint density at radius 2 is 2.14 bits per heavy atom. The van der Waals surface area contributed by atoms with Gasteiger partial charge in [-0.2, -0.15) is 5.10 Å². The predicted octanol–water partition coefficient (Wildman–Crippen LogP) is 2.83. The zero-order chi connectivity index (χ0) is 15.0. The maximum atomic E-state index is 6.05. The number of nitrogens with two attached hydrogens (primary N) is 1. The molecule has 0 amide bonds. The monoisotopic (exact) mass is 285 g/mol. The van der Waals surface area contributed by atoms with Crippen LogP contribution >= 0.6 is 0 Å². The van der Waals surface area contributed by atoms with E-state index in [1.165, 1.54) is 11.1 Å². The van der Waals surface area contributed by atoms with Crippen LogP contribution in [-0.4, -0.2) is 16.4 Å². The van der Waals surface area contributed by atoms with Crippen LogP contribution in [0.15, 0.2) is 24.3 Å². The first-order valence-electron chi connectivity index (χ1n) is 7.57. The summed E-state index contributed by atoms with van der Waals surface area (Å²) in [6.45, 7) is 7.65. The van der Waals surface area contributed by atoms with Gasteiger partial charge in [0.25, 0.3) is 0 Å². The van der Waals surface area contributed by atoms with Crippen LogP contribution in [0.2, 0.25) is 0 Å². The molecule has 0 fully saturated rings. The lowest BCUT2D eigenvalue weighted by molar-refractivity contribution is 0.0278. The molecular formula is C17H23N3O. The minimum atomic E-state index is 0.0123. The molecule has 0 saturated heterocycles. The van der Waals surface area contributed by atoms with Crippen molar-refractivity contribution >= 4 is 0 Å². The van der Waals surface area contributed by atoms with E-state index in [9.17, 15) is 0 Å². The van der Waals surface area contributed by atoms with Crippen molar-refractivity contribution in [2.75, 3.05) is 6.61 Å². The van der Waals surface area contributed by atoms with Crippen molar-refractivity contribution in [2.45, 2.75) is 45.9 Å². The molecule has 1 aromatic carbocycles. The van der Waals surface area contributed by atoms with Crippen molar-refractivity contribution in [1.82, 2.24) is 9.78 Å². The van der Waals surface area contributed by atoms with Crippen LogP contribution in [0.3, 0.4) is 0 Å². The fraction of sp³-hybridized carbons (Fsp3) is 0.471. The SMILES string of the molecule is Cc1nn(CC2OCCc3ccccc32)c(C)c1C(C)N. The van der Waals surface area contributed by atoms with Crippen molar-refractivity contribution in [3.63, 3.8) is 0 Å². The summed E-state index contributed by atoms with van der Waals surface area (Å²) in [5.74, 6) is 0. The zero-order valence-corrected chi connectivity index (χ0v) is 13.0. The first-order chi connectivity index (χ1) is 10.1. The fourth-order valence-electron chi connectivity index (χ4n) is 3.33. The molecule has 0 bridgehead atoms. The van der Waals surface area contributed by atoms with Crippen LogP contribution < -0.4 is 5.73 Å². The highest BCUT2D eigenvalue weighted by molar-refractivity contribution is 5.32. The van der Waals surface area contributed by atoms with Crippen LogP contribution in [0, 0.1) is 13.8 Å². The Morgan fingerprint density at radius 3 is 2.86 bits per heavy atom. The highest BCUT2D eigenvalue weighted by atomic mass is 16.5. The molecule has 0 radical (unpaired) electrons. The smallest absolute Gasteiger partial charge is 0.102 e. The van der Waals surface area contributed by atoms with E-state index in [1.54, 1.807) is 0 Å². The van der Waals surface area contributed by atoms with E-state index in [0.717, 1.165) is 36.5 Å². The van der Waals surface area contributed by atoms with Crippen molar-refractivity contribution in [2.24, 2.45) is 5.73 Å². The average Bonchev–Trinajstić information content (AvgIpc) is 2.74. The fourth-order valence-corrected chi connectivity index (χ4v) is 3.33. The standard InChI is InChI=1S/C17H23N3O/c1-11(18)17-12(2)19-20(13(17)3)10-16-15-7-5-4-6-14(15)8-9-21-16/h4-7,11,16H,8-10,18H2,1-3H3. The van der Waals surface area contributed by atoms with Gasteiger partial charge in [-0.1, -0.05) is 24.3 Å². The molecule has 2 unspecified atom stereocenters. The first kappa shape index (κ1) is 14.3. The van der Waals surface area contributed by atoms with Crippen LogP contribution in [0.5, 0.6) is 0 Å². The van der Waals surface area contributed by atoms with Gasteiger partial charge in [-0.25, -0.2) is 0 Å². The Balaban J connectivity index is 1.90. The summed E-state index contributed by atoms with van der Waals surface area (Å²) in [4.78, 5) is 0. The van der Waals surface area contributed by atoms with Gasteiger partial charge in [-0.3, -0.25) is 4.68 Å². The molecule has 112 valence electrons. The predicted molar refractivity (Wildman–Crippen MR) is 83.1 cm³/mol. The maximum Gasteiger partial charge on any atom is 0.102 e. The van der Waals surface area contributed by atoms with Gasteiger partial charge < -0.3 is 10.5 Å². The van der Waals surface area contributed by atoms with E-state index in [1.807, 2.05) is 18.5 Å². The zero-order valence-electron chi connectivity index (χ0n) is 13.0. The van der Waals surface area contributed by atoms with Gasteiger partial charge in [-0.15, -0.1) is 0 Å². The second-order valence-corrected chi connectivity index (χ2v) is 5.86. The van der Waals surface area contributed by atoms with Crippen molar-refractivity contribution in [3.05, 3.63) is 52.3 Å². The average molecular weight is 285 g/mol. The number of hydrogen-bond acceptors (Lipinski definition) is 3. The third kappa shape index (κ3) is 2.61. The molecular weight excluding hydrogens is 262 g/mol. The summed E-state index contributed by atoms with van der Waals surface area (Å²) in [7, 11) is 0. The topological polar surface area (TPSA) is 53.1 Å². The van der Waals surface area contributed by atoms with Gasteiger partial charge in [0.1, 0.15) is 6.10 Å². The van der Waals surface area contributed by atoms with Gasteiger partial charge in [0, 0.05) is 17.3 Å². The molecule has 2 N–H and O–H groups in total. The van der Waals surface area contributed by atoms with Gasteiger partial charge >= 0.3 is 0 Å². The molecule has 2 heterocycles. The number of fused-ring (bicyclic) bond motifs is 1. The highest BCUT2D eigenvalue weighted by Crippen LogP contribution is 2.29. The summed E-state index contributed by atoms with van der Waals surface area (Å²) in [5.41, 5.74) is 12.1. The Kier molecular flexibility index (Phi) is 3.83. The lowest BCUT2D eigenvalue weighted by Crippen LogP contribution is -2.21. The number of nitrogens with zero attached hydrogens (tertiary/aromatic N) is 2. The number of benzene rings is 1. The lowest BCUT2D eigenvalue weighted by atomic mass is 9.97. The summed E-state index contributed by atoms with van der Waals surface area (Å²) in [5, 5.41) is 4.66. The van der Waals surface area contributed by atoms with Crippen molar-refractivity contribution in [3.8, 4) is 0 Å². The molecule has 2 aromatic rings. The van der Waals surface area contributed by atoms with Gasteiger partial charge in [0.2, 0.25) is 0 Å². The molecule has 4 heteroatoms. The molecule has 1 aromatic heterocycles. The van der Waals surface area contributed by atoms with E-state index in [-0.39, 0.29) is 12.1 Å². The number of hydrogen-bond donors (Lipinski definition) is 1. The van der Waals surface area contributed by atoms with Gasteiger partial charge in [0.15, 0.2) is 0 Å². The molecule has 1 aliphatic rings. The van der Waals surface area contributed by atoms with Crippen LogP contribution in [0.4, 0.5) is 0 Å². The Hall–Kier alpha value is -1.65. The molecule has 4 nitrogen and oxygen atoms in total. The number of aryl methyl sites for hydroxylation is 1. The molecule has 2 atom stereocenters. The van der Waals surface area contributed by atoms with E-state index >= 15 is 0 Å². The van der Waals surface area contributed by atoms with E-state index in [4.69, 9.17) is 10.5 Å². The third-order valence-corrected chi connectivity index (χ3v) is 4.32.